The summed E-state index contributed by atoms with van der Waals surface area (Å²) in [7, 11) is 1.63. The fourth-order valence-corrected chi connectivity index (χ4v) is 1.63. The molecule has 0 aliphatic rings. The molecule has 0 saturated heterocycles. The third kappa shape index (κ3) is 4.32. The first-order valence-electron chi connectivity index (χ1n) is 5.33. The van der Waals surface area contributed by atoms with Gasteiger partial charge in [0.1, 0.15) is 5.82 Å². The van der Waals surface area contributed by atoms with Gasteiger partial charge in [0, 0.05) is 25.0 Å². The number of hydrogen-bond acceptors (Lipinski definition) is 2. The Morgan fingerprint density at radius 3 is 2.88 bits per heavy atom. The van der Waals surface area contributed by atoms with E-state index in [1.807, 2.05) is 0 Å². The van der Waals surface area contributed by atoms with Gasteiger partial charge in [0.2, 0.25) is 5.91 Å². The fourth-order valence-electron chi connectivity index (χ4n) is 1.43. The van der Waals surface area contributed by atoms with E-state index in [0.717, 1.165) is 0 Å². The van der Waals surface area contributed by atoms with Crippen molar-refractivity contribution in [3.8, 4) is 0 Å². The molecular weight excluding hydrogens is 245 g/mol. The summed E-state index contributed by atoms with van der Waals surface area (Å²) in [4.78, 5) is 12.8. The third-order valence-electron chi connectivity index (χ3n) is 2.48. The molecule has 0 saturated carbocycles. The second-order valence-corrected chi connectivity index (χ2v) is 4.21. The molecule has 0 fully saturated rings. The zero-order valence-electron chi connectivity index (χ0n) is 9.62. The van der Waals surface area contributed by atoms with Gasteiger partial charge in [0.05, 0.1) is 6.61 Å². The van der Waals surface area contributed by atoms with Crippen molar-refractivity contribution in [2.75, 3.05) is 20.2 Å². The molecule has 0 aromatic heterocycles. The molecule has 94 valence electrons. The number of amides is 1. The molecule has 1 amide bonds. The smallest absolute Gasteiger partial charge is 0.224 e. The second-order valence-electron chi connectivity index (χ2n) is 3.77. The van der Waals surface area contributed by atoms with Gasteiger partial charge < -0.3 is 10.0 Å². The molecule has 17 heavy (non-hydrogen) atoms. The minimum atomic E-state index is -0.322. The van der Waals surface area contributed by atoms with Gasteiger partial charge in [-0.2, -0.15) is 0 Å². The average Bonchev–Trinajstić information content (AvgIpc) is 2.30. The van der Waals surface area contributed by atoms with Crippen molar-refractivity contribution in [1.82, 2.24) is 4.90 Å². The largest absolute Gasteiger partial charge is 0.396 e. The summed E-state index contributed by atoms with van der Waals surface area (Å²) in [6.45, 7) is 0.227. The first kappa shape index (κ1) is 13.9. The van der Waals surface area contributed by atoms with Crippen molar-refractivity contribution in [2.45, 2.75) is 12.8 Å². The number of likely N-dealkylation sites (N-methyl/N-ethyl adjacent to an activating group) is 1. The summed E-state index contributed by atoms with van der Waals surface area (Å²) >= 11 is 5.76. The molecule has 1 N–H and O–H groups in total. The van der Waals surface area contributed by atoms with Crippen molar-refractivity contribution in [1.29, 1.82) is 0 Å². The Labute approximate surface area is 105 Å². The number of benzene rings is 1. The molecule has 0 aliphatic carbocycles. The molecule has 5 heteroatoms. The van der Waals surface area contributed by atoms with Crippen LogP contribution in [0, 0.1) is 5.82 Å². The minimum Gasteiger partial charge on any atom is -0.396 e. The van der Waals surface area contributed by atoms with Crippen LogP contribution in [0.25, 0.3) is 0 Å². The van der Waals surface area contributed by atoms with Crippen molar-refractivity contribution in [3.05, 3.63) is 34.6 Å². The predicted molar refractivity (Wildman–Crippen MR) is 64.5 cm³/mol. The van der Waals surface area contributed by atoms with E-state index in [2.05, 4.69) is 0 Å². The standard InChI is InChI=1S/C12H15ClFNO2/c1-15(12(17)5-7-16)6-4-9-8-10(13)2-3-11(9)14/h2-3,8,16H,4-7H2,1H3. The number of carbonyl (C=O) groups is 1. The summed E-state index contributed by atoms with van der Waals surface area (Å²) in [5.74, 6) is -0.479. The molecule has 0 aliphatic heterocycles. The number of rotatable bonds is 5. The van der Waals surface area contributed by atoms with Crippen molar-refractivity contribution in [2.24, 2.45) is 0 Å². The van der Waals surface area contributed by atoms with Gasteiger partial charge in [0.25, 0.3) is 0 Å². The lowest BCUT2D eigenvalue weighted by atomic mass is 10.1. The van der Waals surface area contributed by atoms with E-state index < -0.39 is 0 Å². The molecule has 3 nitrogen and oxygen atoms in total. The molecular formula is C12H15ClFNO2. The second kappa shape index (κ2) is 6.57. The predicted octanol–water partition coefficient (Wildman–Crippen LogP) is 1.86. The van der Waals surface area contributed by atoms with Crippen LogP contribution in [0.4, 0.5) is 4.39 Å². The number of hydrogen-bond donors (Lipinski definition) is 1. The number of halogens is 2. The molecule has 1 rings (SSSR count). The summed E-state index contributed by atoms with van der Waals surface area (Å²) < 4.78 is 13.4. The highest BCUT2D eigenvalue weighted by Gasteiger charge is 2.09. The summed E-state index contributed by atoms with van der Waals surface area (Å²) in [5, 5.41) is 9.10. The monoisotopic (exact) mass is 259 g/mol. The van der Waals surface area contributed by atoms with Crippen LogP contribution in [-0.2, 0) is 11.2 Å². The van der Waals surface area contributed by atoms with Crippen LogP contribution in [0.15, 0.2) is 18.2 Å². The van der Waals surface area contributed by atoms with Gasteiger partial charge in [0.15, 0.2) is 0 Å². The van der Waals surface area contributed by atoms with Crippen LogP contribution < -0.4 is 0 Å². The molecule has 0 heterocycles. The number of aliphatic hydroxyl groups is 1. The minimum absolute atomic E-state index is 0.0918. The van der Waals surface area contributed by atoms with Gasteiger partial charge in [-0.05, 0) is 30.2 Å². The van der Waals surface area contributed by atoms with Gasteiger partial charge in [-0.3, -0.25) is 4.79 Å². The molecule has 0 radical (unpaired) electrons. The van der Waals surface area contributed by atoms with Crippen LogP contribution in [0.5, 0.6) is 0 Å². The van der Waals surface area contributed by atoms with E-state index in [-0.39, 0.29) is 24.8 Å². The van der Waals surface area contributed by atoms with E-state index in [9.17, 15) is 9.18 Å². The van der Waals surface area contributed by atoms with Gasteiger partial charge >= 0.3 is 0 Å². The van der Waals surface area contributed by atoms with Crippen molar-refractivity contribution in [3.63, 3.8) is 0 Å². The molecule has 1 aromatic rings. The normalized spacial score (nSPS) is 10.4. The Morgan fingerprint density at radius 2 is 2.24 bits per heavy atom. The SMILES string of the molecule is CN(CCc1cc(Cl)ccc1F)C(=O)CCO. The lowest BCUT2D eigenvalue weighted by Crippen LogP contribution is -2.29. The molecule has 0 unspecified atom stereocenters. The zero-order valence-corrected chi connectivity index (χ0v) is 10.4. The van der Waals surface area contributed by atoms with Crippen LogP contribution in [0.2, 0.25) is 5.02 Å². The topological polar surface area (TPSA) is 40.5 Å². The van der Waals surface area contributed by atoms with Crippen LogP contribution in [0.1, 0.15) is 12.0 Å². The number of aliphatic hydroxyl groups excluding tert-OH is 1. The highest BCUT2D eigenvalue weighted by molar-refractivity contribution is 6.30. The number of carbonyl (C=O) groups excluding carboxylic acids is 1. The van der Waals surface area contributed by atoms with Crippen LogP contribution in [0.3, 0.4) is 0 Å². The van der Waals surface area contributed by atoms with E-state index in [1.54, 1.807) is 13.1 Å². The number of nitrogens with zero attached hydrogens (tertiary/aromatic N) is 1. The summed E-state index contributed by atoms with van der Waals surface area (Å²) in [6.07, 6.45) is 0.495. The fraction of sp³-hybridized carbons (Fsp3) is 0.417. The molecule has 0 spiro atoms. The molecule has 0 bridgehead atoms. The quantitative estimate of drug-likeness (QED) is 0.877. The Morgan fingerprint density at radius 1 is 1.53 bits per heavy atom. The molecule has 0 atom stereocenters. The van der Waals surface area contributed by atoms with E-state index in [4.69, 9.17) is 16.7 Å². The first-order valence-corrected chi connectivity index (χ1v) is 5.71. The lowest BCUT2D eigenvalue weighted by Gasteiger charge is -2.16. The van der Waals surface area contributed by atoms with Gasteiger partial charge in [-0.25, -0.2) is 4.39 Å². The Kier molecular flexibility index (Phi) is 5.38. The molecule has 1 aromatic carbocycles. The van der Waals surface area contributed by atoms with E-state index in [0.29, 0.717) is 23.6 Å². The van der Waals surface area contributed by atoms with Crippen molar-refractivity contribution >= 4 is 17.5 Å². The maximum Gasteiger partial charge on any atom is 0.224 e. The lowest BCUT2D eigenvalue weighted by molar-refractivity contribution is -0.130. The Bertz CT molecular complexity index is 398. The van der Waals surface area contributed by atoms with Crippen molar-refractivity contribution < 1.29 is 14.3 Å². The Balaban J connectivity index is 2.55. The van der Waals surface area contributed by atoms with Gasteiger partial charge in [-0.1, -0.05) is 11.6 Å². The highest BCUT2D eigenvalue weighted by atomic mass is 35.5. The van der Waals surface area contributed by atoms with E-state index in [1.165, 1.54) is 17.0 Å². The highest BCUT2D eigenvalue weighted by Crippen LogP contribution is 2.15. The zero-order chi connectivity index (χ0) is 12.8. The first-order chi connectivity index (χ1) is 8.04. The summed E-state index contributed by atoms with van der Waals surface area (Å²) in [6, 6.07) is 4.36. The summed E-state index contributed by atoms with van der Waals surface area (Å²) in [5.41, 5.74) is 0.487. The van der Waals surface area contributed by atoms with E-state index >= 15 is 0 Å². The van der Waals surface area contributed by atoms with Crippen LogP contribution in [-0.4, -0.2) is 36.1 Å². The maximum absolute atomic E-state index is 13.4. The average molecular weight is 260 g/mol. The maximum atomic E-state index is 13.4. The van der Waals surface area contributed by atoms with Gasteiger partial charge in [-0.15, -0.1) is 0 Å². The Hall–Kier alpha value is -1.13. The van der Waals surface area contributed by atoms with Crippen LogP contribution >= 0.6 is 11.6 Å². The third-order valence-corrected chi connectivity index (χ3v) is 2.71.